The lowest BCUT2D eigenvalue weighted by molar-refractivity contribution is -0.384. The van der Waals surface area contributed by atoms with E-state index in [1.807, 2.05) is 0 Å². The highest BCUT2D eigenvalue weighted by Gasteiger charge is 2.12. The van der Waals surface area contributed by atoms with Crippen molar-refractivity contribution in [2.75, 3.05) is 6.61 Å². The lowest BCUT2D eigenvalue weighted by Crippen LogP contribution is -2.06. The zero-order chi connectivity index (χ0) is 14.4. The van der Waals surface area contributed by atoms with Gasteiger partial charge >= 0.3 is 5.97 Å². The quantitative estimate of drug-likeness (QED) is 0.272. The van der Waals surface area contributed by atoms with Crippen molar-refractivity contribution in [3.63, 3.8) is 0 Å². The van der Waals surface area contributed by atoms with Crippen molar-refractivity contribution in [2.45, 2.75) is 13.8 Å². The van der Waals surface area contributed by atoms with E-state index < -0.39 is 10.9 Å². The van der Waals surface area contributed by atoms with Gasteiger partial charge in [0, 0.05) is 12.1 Å². The Hall–Kier alpha value is -2.68. The number of nitrogens with zero attached hydrogens (tertiary/aromatic N) is 2. The van der Waals surface area contributed by atoms with E-state index >= 15 is 0 Å². The number of non-ortho nitro benzene ring substituents is 1. The number of nitriles is 1. The summed E-state index contributed by atoms with van der Waals surface area (Å²) in [5, 5.41) is 19.5. The number of ether oxygens (including phenoxy) is 1. The number of nitro benzene ring substituents is 1. The van der Waals surface area contributed by atoms with Crippen LogP contribution in [0.3, 0.4) is 0 Å². The normalized spacial score (nSPS) is 10.7. The molecule has 0 heterocycles. The summed E-state index contributed by atoms with van der Waals surface area (Å²) in [5.74, 6) is -0.706. The minimum atomic E-state index is -0.706. The molecule has 0 spiro atoms. The van der Waals surface area contributed by atoms with E-state index in [0.717, 1.165) is 0 Å². The van der Waals surface area contributed by atoms with Crippen molar-refractivity contribution in [3.05, 3.63) is 45.0 Å². The maximum atomic E-state index is 11.4. The molecule has 0 saturated heterocycles. The van der Waals surface area contributed by atoms with Gasteiger partial charge in [0.15, 0.2) is 0 Å². The number of hydrogen-bond donors (Lipinski definition) is 0. The molecule has 0 N–H and O–H groups in total. The second-order valence-corrected chi connectivity index (χ2v) is 3.69. The first kappa shape index (κ1) is 14.4. The van der Waals surface area contributed by atoms with Crippen LogP contribution in [0.15, 0.2) is 23.8 Å². The second kappa shape index (κ2) is 6.31. The van der Waals surface area contributed by atoms with E-state index in [2.05, 4.69) is 0 Å². The van der Waals surface area contributed by atoms with Gasteiger partial charge in [0.2, 0.25) is 0 Å². The van der Waals surface area contributed by atoms with Crippen molar-refractivity contribution in [3.8, 4) is 6.07 Å². The highest BCUT2D eigenvalue weighted by molar-refractivity contribution is 5.98. The number of rotatable bonds is 4. The zero-order valence-corrected chi connectivity index (χ0v) is 10.5. The minimum Gasteiger partial charge on any atom is -0.462 e. The molecular formula is C13H12N2O4. The summed E-state index contributed by atoms with van der Waals surface area (Å²) in [7, 11) is 0. The molecule has 19 heavy (non-hydrogen) atoms. The van der Waals surface area contributed by atoms with Crippen molar-refractivity contribution < 1.29 is 14.5 Å². The molecule has 98 valence electrons. The number of aryl methyl sites for hydroxylation is 1. The fourth-order valence-corrected chi connectivity index (χ4v) is 1.44. The number of carbonyl (C=O) groups is 1. The molecule has 1 aromatic rings. The molecule has 0 unspecified atom stereocenters. The fourth-order valence-electron chi connectivity index (χ4n) is 1.44. The van der Waals surface area contributed by atoms with Gasteiger partial charge in [-0.15, -0.1) is 0 Å². The predicted molar refractivity (Wildman–Crippen MR) is 68.1 cm³/mol. The molecule has 0 fully saturated rings. The Morgan fingerprint density at radius 2 is 2.26 bits per heavy atom. The summed E-state index contributed by atoms with van der Waals surface area (Å²) in [6, 6.07) is 5.94. The first-order valence-corrected chi connectivity index (χ1v) is 5.53. The van der Waals surface area contributed by atoms with Crippen LogP contribution in [0, 0.1) is 28.4 Å². The van der Waals surface area contributed by atoms with E-state index in [0.29, 0.717) is 11.1 Å². The molecule has 1 aromatic carbocycles. The summed E-state index contributed by atoms with van der Waals surface area (Å²) >= 11 is 0. The van der Waals surface area contributed by atoms with Crippen LogP contribution in [0.25, 0.3) is 6.08 Å². The number of nitro groups is 1. The standard InChI is InChI=1S/C13H12N2O4/c1-3-19-13(16)11(8-14)7-10-4-5-12(15(17)18)6-9(10)2/h4-7H,3H2,1-2H3/b11-7-. The fraction of sp³-hybridized carbons (Fsp3) is 0.231. The van der Waals surface area contributed by atoms with Gasteiger partial charge < -0.3 is 4.74 Å². The molecule has 0 amide bonds. The van der Waals surface area contributed by atoms with Crippen LogP contribution in [0.4, 0.5) is 5.69 Å². The number of carbonyl (C=O) groups excluding carboxylic acids is 1. The van der Waals surface area contributed by atoms with E-state index in [-0.39, 0.29) is 17.9 Å². The SMILES string of the molecule is CCOC(=O)/C(C#N)=C\c1ccc([N+](=O)[O-])cc1C. The minimum absolute atomic E-state index is 0.0377. The average molecular weight is 260 g/mol. The number of esters is 1. The van der Waals surface area contributed by atoms with E-state index in [4.69, 9.17) is 10.00 Å². The van der Waals surface area contributed by atoms with Gasteiger partial charge in [0.05, 0.1) is 11.5 Å². The molecule has 0 atom stereocenters. The van der Waals surface area contributed by atoms with Crippen LogP contribution in [-0.2, 0) is 9.53 Å². The van der Waals surface area contributed by atoms with Crippen LogP contribution in [0.5, 0.6) is 0 Å². The topological polar surface area (TPSA) is 93.2 Å². The molecule has 0 saturated carbocycles. The monoisotopic (exact) mass is 260 g/mol. The first-order valence-electron chi connectivity index (χ1n) is 5.53. The zero-order valence-electron chi connectivity index (χ0n) is 10.5. The molecule has 0 radical (unpaired) electrons. The van der Waals surface area contributed by atoms with Crippen molar-refractivity contribution in [1.82, 2.24) is 0 Å². The Balaban J connectivity index is 3.13. The van der Waals surface area contributed by atoms with E-state index in [9.17, 15) is 14.9 Å². The number of benzene rings is 1. The maximum absolute atomic E-state index is 11.4. The third kappa shape index (κ3) is 3.64. The maximum Gasteiger partial charge on any atom is 0.348 e. The molecule has 6 heteroatoms. The van der Waals surface area contributed by atoms with Crippen LogP contribution in [0.2, 0.25) is 0 Å². The second-order valence-electron chi connectivity index (χ2n) is 3.69. The van der Waals surface area contributed by atoms with Gasteiger partial charge in [-0.25, -0.2) is 4.79 Å². The molecule has 6 nitrogen and oxygen atoms in total. The Kier molecular flexibility index (Phi) is 4.77. The summed E-state index contributed by atoms with van der Waals surface area (Å²) in [6.45, 7) is 3.49. The number of hydrogen-bond acceptors (Lipinski definition) is 5. The summed E-state index contributed by atoms with van der Waals surface area (Å²) < 4.78 is 4.73. The summed E-state index contributed by atoms with van der Waals surface area (Å²) in [4.78, 5) is 21.5. The van der Waals surface area contributed by atoms with Crippen LogP contribution >= 0.6 is 0 Å². The van der Waals surface area contributed by atoms with Gasteiger partial charge in [0.25, 0.3) is 5.69 Å². The highest BCUT2D eigenvalue weighted by Crippen LogP contribution is 2.19. The molecule has 0 bridgehead atoms. The molecule has 1 rings (SSSR count). The summed E-state index contributed by atoms with van der Waals surface area (Å²) in [6.07, 6.45) is 1.36. The van der Waals surface area contributed by atoms with Gasteiger partial charge in [-0.2, -0.15) is 5.26 Å². The van der Waals surface area contributed by atoms with Gasteiger partial charge in [-0.3, -0.25) is 10.1 Å². The molecule has 0 aliphatic rings. The van der Waals surface area contributed by atoms with Gasteiger partial charge in [0.1, 0.15) is 11.6 Å². The lowest BCUT2D eigenvalue weighted by Gasteiger charge is -2.02. The first-order chi connectivity index (χ1) is 8.99. The Morgan fingerprint density at radius 1 is 1.58 bits per heavy atom. The van der Waals surface area contributed by atoms with Crippen molar-refractivity contribution in [1.29, 1.82) is 5.26 Å². The van der Waals surface area contributed by atoms with Crippen molar-refractivity contribution in [2.24, 2.45) is 0 Å². The predicted octanol–water partition coefficient (Wildman–Crippen LogP) is 2.37. The smallest absolute Gasteiger partial charge is 0.348 e. The Bertz CT molecular complexity index is 585. The molecule has 0 aromatic heterocycles. The Morgan fingerprint density at radius 3 is 2.74 bits per heavy atom. The molecule has 0 aliphatic carbocycles. The largest absolute Gasteiger partial charge is 0.462 e. The van der Waals surface area contributed by atoms with E-state index in [1.165, 1.54) is 24.3 Å². The van der Waals surface area contributed by atoms with Crippen LogP contribution in [0.1, 0.15) is 18.1 Å². The summed E-state index contributed by atoms with van der Waals surface area (Å²) in [5.41, 5.74) is 0.990. The third-order valence-electron chi connectivity index (χ3n) is 2.38. The molecular weight excluding hydrogens is 248 g/mol. The average Bonchev–Trinajstić information content (AvgIpc) is 2.37. The van der Waals surface area contributed by atoms with Crippen LogP contribution < -0.4 is 0 Å². The van der Waals surface area contributed by atoms with Gasteiger partial charge in [-0.05, 0) is 37.1 Å². The lowest BCUT2D eigenvalue weighted by atomic mass is 10.1. The van der Waals surface area contributed by atoms with Gasteiger partial charge in [-0.1, -0.05) is 0 Å². The van der Waals surface area contributed by atoms with E-state index in [1.54, 1.807) is 19.9 Å². The van der Waals surface area contributed by atoms with Crippen molar-refractivity contribution >= 4 is 17.7 Å². The third-order valence-corrected chi connectivity index (χ3v) is 2.38. The van der Waals surface area contributed by atoms with Crippen LogP contribution in [-0.4, -0.2) is 17.5 Å². The molecule has 0 aliphatic heterocycles. The highest BCUT2D eigenvalue weighted by atomic mass is 16.6. The Labute approximate surface area is 110 Å².